The van der Waals surface area contributed by atoms with E-state index in [1.165, 1.54) is 5.69 Å². The van der Waals surface area contributed by atoms with Gasteiger partial charge in [-0.1, -0.05) is 6.92 Å². The summed E-state index contributed by atoms with van der Waals surface area (Å²) in [6, 6.07) is 3.98. The fraction of sp³-hybridized carbons (Fsp3) is 0.267. The number of pyridine rings is 1. The van der Waals surface area contributed by atoms with E-state index in [1.54, 1.807) is 12.5 Å². The summed E-state index contributed by atoms with van der Waals surface area (Å²) in [6.45, 7) is 3.90. The topological polar surface area (TPSA) is 60.6 Å². The van der Waals surface area contributed by atoms with E-state index < -0.39 is 0 Å². The van der Waals surface area contributed by atoms with Crippen molar-refractivity contribution in [2.24, 2.45) is 0 Å². The monoisotopic (exact) mass is 282 g/mol. The highest BCUT2D eigenvalue weighted by molar-refractivity contribution is 5.43. The first-order valence-corrected chi connectivity index (χ1v) is 7.04. The van der Waals surface area contributed by atoms with E-state index in [1.807, 2.05) is 41.6 Å². The fourth-order valence-electron chi connectivity index (χ4n) is 2.17. The van der Waals surface area contributed by atoms with Gasteiger partial charge in [0, 0.05) is 25.1 Å². The standard InChI is InChI=1S/C15H18N6/c1-2-6-20-12-17-9-14(20)10-18-13-3-4-15(19-8-13)21-7-5-16-11-21/h3-5,7-9,11-12,18H,2,6,10H2,1H3. The van der Waals surface area contributed by atoms with Gasteiger partial charge in [-0.25, -0.2) is 15.0 Å². The van der Waals surface area contributed by atoms with Crippen LogP contribution in [0.25, 0.3) is 5.82 Å². The molecular weight excluding hydrogens is 264 g/mol. The van der Waals surface area contributed by atoms with Crippen molar-refractivity contribution in [3.05, 3.63) is 55.3 Å². The number of nitrogens with zero attached hydrogens (tertiary/aromatic N) is 5. The molecule has 0 spiro atoms. The molecule has 6 heteroatoms. The zero-order valence-electron chi connectivity index (χ0n) is 12.0. The van der Waals surface area contributed by atoms with Gasteiger partial charge in [0.15, 0.2) is 0 Å². The summed E-state index contributed by atoms with van der Waals surface area (Å²) in [5.41, 5.74) is 2.17. The predicted molar refractivity (Wildman–Crippen MR) is 81.2 cm³/mol. The molecule has 0 radical (unpaired) electrons. The molecule has 0 atom stereocenters. The molecule has 0 amide bonds. The van der Waals surface area contributed by atoms with Crippen LogP contribution in [0.4, 0.5) is 5.69 Å². The van der Waals surface area contributed by atoms with Gasteiger partial charge < -0.3 is 9.88 Å². The van der Waals surface area contributed by atoms with Crippen molar-refractivity contribution in [2.75, 3.05) is 5.32 Å². The van der Waals surface area contributed by atoms with Crippen LogP contribution in [-0.4, -0.2) is 24.1 Å². The highest BCUT2D eigenvalue weighted by Crippen LogP contribution is 2.11. The lowest BCUT2D eigenvalue weighted by atomic mass is 10.3. The maximum Gasteiger partial charge on any atom is 0.137 e. The molecule has 21 heavy (non-hydrogen) atoms. The van der Waals surface area contributed by atoms with Crippen molar-refractivity contribution < 1.29 is 0 Å². The Morgan fingerprint density at radius 3 is 2.81 bits per heavy atom. The summed E-state index contributed by atoms with van der Waals surface area (Å²) in [5, 5.41) is 3.37. The van der Waals surface area contributed by atoms with Crippen molar-refractivity contribution >= 4 is 5.69 Å². The Kier molecular flexibility index (Phi) is 3.95. The lowest BCUT2D eigenvalue weighted by molar-refractivity contribution is 0.651. The van der Waals surface area contributed by atoms with Crippen molar-refractivity contribution in [1.82, 2.24) is 24.1 Å². The van der Waals surface area contributed by atoms with E-state index >= 15 is 0 Å². The molecule has 0 bridgehead atoms. The number of hydrogen-bond donors (Lipinski definition) is 1. The Bertz CT molecular complexity index is 669. The number of hydrogen-bond acceptors (Lipinski definition) is 4. The van der Waals surface area contributed by atoms with E-state index in [9.17, 15) is 0 Å². The highest BCUT2D eigenvalue weighted by atomic mass is 15.1. The number of anilines is 1. The van der Waals surface area contributed by atoms with E-state index in [-0.39, 0.29) is 0 Å². The van der Waals surface area contributed by atoms with Crippen LogP contribution in [0, 0.1) is 0 Å². The van der Waals surface area contributed by atoms with Crippen LogP contribution in [0.3, 0.4) is 0 Å². The van der Waals surface area contributed by atoms with Gasteiger partial charge in [0.05, 0.1) is 30.5 Å². The van der Waals surface area contributed by atoms with Crippen molar-refractivity contribution in [3.8, 4) is 5.82 Å². The molecule has 0 aromatic carbocycles. The molecule has 0 unspecified atom stereocenters. The van der Waals surface area contributed by atoms with E-state index in [4.69, 9.17) is 0 Å². The Hall–Kier alpha value is -2.63. The van der Waals surface area contributed by atoms with Gasteiger partial charge in [0.2, 0.25) is 0 Å². The van der Waals surface area contributed by atoms with Gasteiger partial charge in [-0.3, -0.25) is 4.57 Å². The van der Waals surface area contributed by atoms with Crippen LogP contribution >= 0.6 is 0 Å². The highest BCUT2D eigenvalue weighted by Gasteiger charge is 2.02. The largest absolute Gasteiger partial charge is 0.378 e. The van der Waals surface area contributed by atoms with Gasteiger partial charge in [-0.05, 0) is 18.6 Å². The number of aromatic nitrogens is 5. The van der Waals surface area contributed by atoms with Crippen molar-refractivity contribution in [3.63, 3.8) is 0 Å². The van der Waals surface area contributed by atoms with Gasteiger partial charge in [0.1, 0.15) is 12.1 Å². The first-order chi connectivity index (χ1) is 10.4. The summed E-state index contributed by atoms with van der Waals surface area (Å²) in [7, 11) is 0. The SMILES string of the molecule is CCCn1cncc1CNc1ccc(-n2ccnc2)nc1. The summed E-state index contributed by atoms with van der Waals surface area (Å²) in [6.07, 6.45) is 12.1. The van der Waals surface area contributed by atoms with Crippen LogP contribution in [0.15, 0.2) is 49.6 Å². The molecular formula is C15H18N6. The summed E-state index contributed by atoms with van der Waals surface area (Å²) < 4.78 is 4.04. The Morgan fingerprint density at radius 1 is 1.14 bits per heavy atom. The molecule has 0 fully saturated rings. The minimum absolute atomic E-state index is 0.742. The molecule has 0 saturated heterocycles. The third-order valence-corrected chi connectivity index (χ3v) is 3.25. The molecule has 3 aromatic heterocycles. The molecule has 3 rings (SSSR count). The summed E-state index contributed by atoms with van der Waals surface area (Å²) in [5.74, 6) is 0.856. The molecule has 0 aliphatic rings. The molecule has 0 saturated carbocycles. The van der Waals surface area contributed by atoms with Gasteiger partial charge >= 0.3 is 0 Å². The molecule has 3 heterocycles. The number of rotatable bonds is 6. The Balaban J connectivity index is 1.64. The van der Waals surface area contributed by atoms with Crippen LogP contribution < -0.4 is 5.32 Å². The Labute approximate surface area is 123 Å². The third kappa shape index (κ3) is 3.10. The summed E-state index contributed by atoms with van der Waals surface area (Å²) in [4.78, 5) is 12.6. The van der Waals surface area contributed by atoms with Crippen LogP contribution in [0.5, 0.6) is 0 Å². The van der Waals surface area contributed by atoms with Gasteiger partial charge in [0.25, 0.3) is 0 Å². The maximum absolute atomic E-state index is 4.42. The normalized spacial score (nSPS) is 10.7. The van der Waals surface area contributed by atoms with Crippen LogP contribution in [0.2, 0.25) is 0 Å². The van der Waals surface area contributed by atoms with Crippen molar-refractivity contribution in [1.29, 1.82) is 0 Å². The molecule has 0 aliphatic heterocycles. The van der Waals surface area contributed by atoms with E-state index in [0.29, 0.717) is 0 Å². The fourth-order valence-corrected chi connectivity index (χ4v) is 2.17. The lowest BCUT2D eigenvalue weighted by Crippen LogP contribution is -2.07. The van der Waals surface area contributed by atoms with Crippen LogP contribution in [-0.2, 0) is 13.1 Å². The lowest BCUT2D eigenvalue weighted by Gasteiger charge is -2.09. The van der Waals surface area contributed by atoms with Gasteiger partial charge in [-0.15, -0.1) is 0 Å². The average molecular weight is 282 g/mol. The smallest absolute Gasteiger partial charge is 0.137 e. The quantitative estimate of drug-likeness (QED) is 0.754. The van der Waals surface area contributed by atoms with E-state index in [2.05, 4.69) is 31.8 Å². The van der Waals surface area contributed by atoms with Gasteiger partial charge in [-0.2, -0.15) is 0 Å². The predicted octanol–water partition coefficient (Wildman–Crippen LogP) is 2.49. The average Bonchev–Trinajstić information content (AvgIpc) is 3.18. The number of nitrogens with one attached hydrogen (secondary N) is 1. The molecule has 0 aliphatic carbocycles. The molecule has 108 valence electrons. The third-order valence-electron chi connectivity index (χ3n) is 3.25. The Morgan fingerprint density at radius 2 is 2.10 bits per heavy atom. The number of aryl methyl sites for hydroxylation is 1. The molecule has 3 aromatic rings. The zero-order chi connectivity index (χ0) is 14.5. The van der Waals surface area contributed by atoms with Crippen LogP contribution in [0.1, 0.15) is 19.0 Å². The number of imidazole rings is 2. The maximum atomic E-state index is 4.42. The second-order valence-corrected chi connectivity index (χ2v) is 4.81. The zero-order valence-corrected chi connectivity index (χ0v) is 12.0. The second-order valence-electron chi connectivity index (χ2n) is 4.81. The summed E-state index contributed by atoms with van der Waals surface area (Å²) >= 11 is 0. The first kappa shape index (κ1) is 13.4. The first-order valence-electron chi connectivity index (χ1n) is 7.04. The van der Waals surface area contributed by atoms with E-state index in [0.717, 1.165) is 31.0 Å². The minimum Gasteiger partial charge on any atom is -0.378 e. The molecule has 6 nitrogen and oxygen atoms in total. The van der Waals surface area contributed by atoms with Crippen molar-refractivity contribution in [2.45, 2.75) is 26.4 Å². The second kappa shape index (κ2) is 6.21. The minimum atomic E-state index is 0.742. The molecule has 1 N–H and O–H groups in total.